The normalized spacial score (nSPS) is 15.4. The maximum atomic E-state index is 12.6. The zero-order chi connectivity index (χ0) is 19.0. The van der Waals surface area contributed by atoms with Crippen molar-refractivity contribution < 1.29 is 4.79 Å². The quantitative estimate of drug-likeness (QED) is 0.721. The van der Waals surface area contributed by atoms with Gasteiger partial charge in [0, 0.05) is 30.3 Å². The molecule has 0 atom stereocenters. The second-order valence-electron chi connectivity index (χ2n) is 6.86. The minimum absolute atomic E-state index is 0.00372. The van der Waals surface area contributed by atoms with E-state index in [9.17, 15) is 14.4 Å². The number of hydrogen-bond donors (Lipinski definition) is 2. The number of carbonyl (C=O) groups is 1. The lowest BCUT2D eigenvalue weighted by molar-refractivity contribution is -0.131. The fraction of sp³-hybridized carbons (Fsp3) is 0.368. The molecule has 7 nitrogen and oxygen atoms in total. The van der Waals surface area contributed by atoms with Crippen LogP contribution in [0.2, 0.25) is 0 Å². The number of para-hydroxylation sites is 1. The van der Waals surface area contributed by atoms with E-state index >= 15 is 0 Å². The van der Waals surface area contributed by atoms with Gasteiger partial charge >= 0.3 is 5.69 Å². The number of nitrogens with zero attached hydrogens (tertiary/aromatic N) is 2. The van der Waals surface area contributed by atoms with Crippen LogP contribution in [0.5, 0.6) is 0 Å². The van der Waals surface area contributed by atoms with Crippen molar-refractivity contribution in [3.63, 3.8) is 0 Å². The van der Waals surface area contributed by atoms with E-state index < -0.39 is 11.2 Å². The predicted octanol–water partition coefficient (Wildman–Crippen LogP) is 1.93. The van der Waals surface area contributed by atoms with Crippen molar-refractivity contribution in [1.29, 1.82) is 0 Å². The largest absolute Gasteiger partial charge is 0.342 e. The van der Waals surface area contributed by atoms with Crippen molar-refractivity contribution >= 4 is 27.5 Å². The molecule has 1 aliphatic rings. The van der Waals surface area contributed by atoms with Crippen LogP contribution < -0.4 is 11.2 Å². The van der Waals surface area contributed by atoms with Gasteiger partial charge in [0.05, 0.1) is 21.6 Å². The summed E-state index contributed by atoms with van der Waals surface area (Å²) in [6, 6.07) is 8.12. The lowest BCUT2D eigenvalue weighted by Gasteiger charge is -2.31. The molecule has 140 valence electrons. The number of thiazole rings is 1. The molecule has 2 aromatic heterocycles. The van der Waals surface area contributed by atoms with E-state index in [4.69, 9.17) is 4.98 Å². The third-order valence-corrected chi connectivity index (χ3v) is 6.29. The van der Waals surface area contributed by atoms with Crippen LogP contribution in [0, 0.1) is 6.92 Å². The van der Waals surface area contributed by atoms with E-state index in [2.05, 4.69) is 16.0 Å². The van der Waals surface area contributed by atoms with E-state index in [1.807, 2.05) is 18.2 Å². The Labute approximate surface area is 159 Å². The summed E-state index contributed by atoms with van der Waals surface area (Å²) in [5, 5.41) is 1.14. The number of piperidine rings is 1. The third-order valence-electron chi connectivity index (χ3n) is 5.09. The molecule has 2 N–H and O–H groups in total. The van der Waals surface area contributed by atoms with Crippen LogP contribution in [0.15, 0.2) is 33.9 Å². The Bertz CT molecular complexity index is 1070. The number of aromatic amines is 2. The average molecular weight is 384 g/mol. The highest BCUT2D eigenvalue weighted by atomic mass is 32.1. The molecule has 0 saturated carbocycles. The van der Waals surface area contributed by atoms with Crippen molar-refractivity contribution in [2.75, 3.05) is 13.1 Å². The fourth-order valence-corrected chi connectivity index (χ4v) is 4.68. The van der Waals surface area contributed by atoms with Crippen LogP contribution in [0.3, 0.4) is 0 Å². The number of aromatic nitrogens is 3. The van der Waals surface area contributed by atoms with Gasteiger partial charge in [-0.15, -0.1) is 11.3 Å². The maximum absolute atomic E-state index is 12.6. The molecule has 1 aliphatic heterocycles. The van der Waals surface area contributed by atoms with E-state index in [1.54, 1.807) is 23.2 Å². The molecule has 8 heteroatoms. The molecule has 0 unspecified atom stereocenters. The molecule has 1 aromatic carbocycles. The molecular formula is C19H20N4O3S. The fourth-order valence-electron chi connectivity index (χ4n) is 3.54. The van der Waals surface area contributed by atoms with E-state index in [0.29, 0.717) is 30.3 Å². The Balaban J connectivity index is 1.42. The highest BCUT2D eigenvalue weighted by Gasteiger charge is 2.26. The lowest BCUT2D eigenvalue weighted by Crippen LogP contribution is -2.40. The van der Waals surface area contributed by atoms with Crippen LogP contribution in [0.25, 0.3) is 10.2 Å². The maximum Gasteiger partial charge on any atom is 0.325 e. The van der Waals surface area contributed by atoms with Gasteiger partial charge in [-0.1, -0.05) is 12.1 Å². The average Bonchev–Trinajstić information content (AvgIpc) is 3.09. The smallest absolute Gasteiger partial charge is 0.325 e. The first-order chi connectivity index (χ1) is 13.0. The van der Waals surface area contributed by atoms with Gasteiger partial charge in [0.1, 0.15) is 0 Å². The first-order valence-corrected chi connectivity index (χ1v) is 9.78. The predicted molar refractivity (Wildman–Crippen MR) is 104 cm³/mol. The molecule has 0 bridgehead atoms. The summed E-state index contributed by atoms with van der Waals surface area (Å²) in [6.45, 7) is 2.94. The van der Waals surface area contributed by atoms with Crippen LogP contribution in [0.4, 0.5) is 0 Å². The molecule has 27 heavy (non-hydrogen) atoms. The summed E-state index contributed by atoms with van der Waals surface area (Å²) in [4.78, 5) is 47.1. The van der Waals surface area contributed by atoms with Crippen LogP contribution in [0.1, 0.15) is 35.0 Å². The summed E-state index contributed by atoms with van der Waals surface area (Å²) < 4.78 is 1.19. The van der Waals surface area contributed by atoms with E-state index in [1.165, 1.54) is 4.70 Å². The summed E-state index contributed by atoms with van der Waals surface area (Å²) >= 11 is 1.73. The van der Waals surface area contributed by atoms with Crippen LogP contribution >= 0.6 is 11.3 Å². The number of likely N-dealkylation sites (tertiary alicyclic amines) is 1. The summed E-state index contributed by atoms with van der Waals surface area (Å²) in [5.74, 6) is 0.281. The lowest BCUT2D eigenvalue weighted by atomic mass is 9.97. The summed E-state index contributed by atoms with van der Waals surface area (Å²) in [6.07, 6.45) is 1.74. The molecule has 3 heterocycles. The zero-order valence-electron chi connectivity index (χ0n) is 14.9. The molecule has 0 radical (unpaired) electrons. The Hall–Kier alpha value is -2.74. The van der Waals surface area contributed by atoms with Crippen LogP contribution in [-0.4, -0.2) is 38.8 Å². The number of fused-ring (bicyclic) bond motifs is 1. The molecule has 0 spiro atoms. The second-order valence-corrected chi connectivity index (χ2v) is 7.93. The van der Waals surface area contributed by atoms with Gasteiger partial charge in [0.25, 0.3) is 5.56 Å². The van der Waals surface area contributed by atoms with Gasteiger partial charge in [-0.3, -0.25) is 14.6 Å². The Morgan fingerprint density at radius 1 is 1.22 bits per heavy atom. The van der Waals surface area contributed by atoms with E-state index in [-0.39, 0.29) is 12.3 Å². The van der Waals surface area contributed by atoms with Gasteiger partial charge in [0.2, 0.25) is 5.91 Å². The Morgan fingerprint density at radius 3 is 2.67 bits per heavy atom. The summed E-state index contributed by atoms with van der Waals surface area (Å²) in [7, 11) is 0. The van der Waals surface area contributed by atoms with Gasteiger partial charge in [-0.25, -0.2) is 9.78 Å². The van der Waals surface area contributed by atoms with Crippen molar-refractivity contribution in [3.8, 4) is 0 Å². The number of nitrogens with one attached hydrogen (secondary N) is 2. The van der Waals surface area contributed by atoms with Crippen molar-refractivity contribution in [2.45, 2.75) is 32.1 Å². The monoisotopic (exact) mass is 384 g/mol. The number of amides is 1. The van der Waals surface area contributed by atoms with Crippen molar-refractivity contribution in [2.24, 2.45) is 0 Å². The molecule has 1 fully saturated rings. The van der Waals surface area contributed by atoms with Gasteiger partial charge < -0.3 is 9.88 Å². The SMILES string of the molecule is Cc1[nH]c(=O)[nH]c(=O)c1CC(=O)N1CCC(c2nc3ccccc3s2)CC1. The molecule has 1 amide bonds. The number of H-pyrrole nitrogens is 2. The van der Waals surface area contributed by atoms with Gasteiger partial charge in [0.15, 0.2) is 0 Å². The minimum Gasteiger partial charge on any atom is -0.342 e. The standard InChI is InChI=1S/C19H20N4O3S/c1-11-13(17(25)22-19(26)20-11)10-16(24)23-8-6-12(7-9-23)18-21-14-4-2-3-5-15(14)27-18/h2-5,12H,6-10H2,1H3,(H2,20,22,25,26). The minimum atomic E-state index is -0.551. The number of hydrogen-bond acceptors (Lipinski definition) is 5. The topological polar surface area (TPSA) is 98.9 Å². The third kappa shape index (κ3) is 3.57. The highest BCUT2D eigenvalue weighted by molar-refractivity contribution is 7.18. The highest BCUT2D eigenvalue weighted by Crippen LogP contribution is 2.33. The van der Waals surface area contributed by atoms with Gasteiger partial charge in [-0.2, -0.15) is 0 Å². The Kier molecular flexibility index (Phi) is 4.65. The number of carbonyl (C=O) groups excluding carboxylic acids is 1. The molecule has 1 saturated heterocycles. The molecular weight excluding hydrogens is 364 g/mol. The van der Waals surface area contributed by atoms with Crippen molar-refractivity contribution in [1.82, 2.24) is 19.9 Å². The number of aryl methyl sites for hydroxylation is 1. The van der Waals surface area contributed by atoms with Gasteiger partial charge in [-0.05, 0) is 31.9 Å². The second kappa shape index (κ2) is 7.11. The summed E-state index contributed by atoms with van der Waals surface area (Å²) in [5.41, 5.74) is 0.762. The van der Waals surface area contributed by atoms with Crippen molar-refractivity contribution in [3.05, 3.63) is 61.4 Å². The molecule has 4 rings (SSSR count). The first-order valence-electron chi connectivity index (χ1n) is 8.96. The van der Waals surface area contributed by atoms with Crippen LogP contribution in [-0.2, 0) is 11.2 Å². The van der Waals surface area contributed by atoms with E-state index in [0.717, 1.165) is 23.4 Å². The zero-order valence-corrected chi connectivity index (χ0v) is 15.8. The number of rotatable bonds is 3. The first kappa shape index (κ1) is 17.7. The molecule has 3 aromatic rings. The number of benzene rings is 1. The Morgan fingerprint density at radius 2 is 1.96 bits per heavy atom. The molecule has 0 aliphatic carbocycles.